The number of benzene rings is 2. The van der Waals surface area contributed by atoms with Crippen LogP contribution in [0.3, 0.4) is 0 Å². The molecule has 3 rings (SSSR count). The van der Waals surface area contributed by atoms with E-state index < -0.39 is 0 Å². The average molecular weight is 423 g/mol. The Morgan fingerprint density at radius 3 is 2.88 bits per heavy atom. The third-order valence-electron chi connectivity index (χ3n) is 3.18. The molecule has 0 fully saturated rings. The Kier molecular flexibility index (Phi) is 5.67. The zero-order valence-corrected chi connectivity index (χ0v) is 15.3. The van der Waals surface area contributed by atoms with Gasteiger partial charge in [0, 0.05) is 10.0 Å². The molecule has 0 radical (unpaired) electrons. The van der Waals surface area contributed by atoms with E-state index in [1.54, 1.807) is 24.3 Å². The molecule has 0 saturated carbocycles. The van der Waals surface area contributed by atoms with Crippen LogP contribution in [0.5, 0.6) is 5.75 Å². The van der Waals surface area contributed by atoms with Gasteiger partial charge in [-0.15, -0.1) is 0 Å². The topological polar surface area (TPSA) is 77.2 Å². The van der Waals surface area contributed by atoms with E-state index >= 15 is 0 Å². The maximum absolute atomic E-state index is 11.8. The number of hydrogen-bond donors (Lipinski definition) is 1. The second-order valence-electron chi connectivity index (χ2n) is 5.02. The molecule has 8 heteroatoms. The monoisotopic (exact) mass is 421 g/mol. The molecular formula is C17H13BrClN3O3. The minimum atomic E-state index is -0.317. The van der Waals surface area contributed by atoms with Gasteiger partial charge in [0.2, 0.25) is 11.7 Å². The molecule has 25 heavy (non-hydrogen) atoms. The second kappa shape index (κ2) is 8.13. The molecule has 1 aromatic heterocycles. The summed E-state index contributed by atoms with van der Waals surface area (Å²) in [5.74, 6) is 0.898. The normalized spacial score (nSPS) is 10.5. The number of halogens is 2. The zero-order chi connectivity index (χ0) is 17.6. The maximum Gasteiger partial charge on any atom is 0.258 e. The molecule has 0 saturated heterocycles. The van der Waals surface area contributed by atoms with Crippen molar-refractivity contribution >= 4 is 33.4 Å². The average Bonchev–Trinajstić information content (AvgIpc) is 3.08. The lowest BCUT2D eigenvalue weighted by atomic mass is 10.2. The minimum absolute atomic E-state index is 0.117. The molecule has 0 aliphatic heterocycles. The highest BCUT2D eigenvalue weighted by atomic mass is 79.9. The van der Waals surface area contributed by atoms with E-state index in [0.29, 0.717) is 22.5 Å². The number of nitrogens with one attached hydrogen (secondary N) is 1. The van der Waals surface area contributed by atoms with Crippen molar-refractivity contribution in [3.63, 3.8) is 0 Å². The van der Waals surface area contributed by atoms with Crippen molar-refractivity contribution in [1.82, 2.24) is 15.5 Å². The first kappa shape index (κ1) is 17.4. The SMILES string of the molecule is O=C(COc1ccccc1Cl)NCc1nc(-c2cccc(Br)c2)no1. The van der Waals surface area contributed by atoms with Crippen LogP contribution < -0.4 is 10.1 Å². The van der Waals surface area contributed by atoms with E-state index in [0.717, 1.165) is 10.0 Å². The predicted octanol–water partition coefficient (Wildman–Crippen LogP) is 3.85. The first-order valence-electron chi connectivity index (χ1n) is 7.34. The van der Waals surface area contributed by atoms with E-state index in [1.807, 2.05) is 24.3 Å². The molecule has 0 spiro atoms. The van der Waals surface area contributed by atoms with Gasteiger partial charge >= 0.3 is 0 Å². The fraction of sp³-hybridized carbons (Fsp3) is 0.118. The van der Waals surface area contributed by atoms with Crippen molar-refractivity contribution < 1.29 is 14.1 Å². The third kappa shape index (κ3) is 4.80. The van der Waals surface area contributed by atoms with Crippen LogP contribution in [0.4, 0.5) is 0 Å². The Balaban J connectivity index is 1.52. The molecule has 0 aliphatic carbocycles. The number of ether oxygens (including phenoxy) is 1. The summed E-state index contributed by atoms with van der Waals surface area (Å²) in [6.07, 6.45) is 0. The van der Waals surface area contributed by atoms with Crippen molar-refractivity contribution in [2.24, 2.45) is 0 Å². The first-order chi connectivity index (χ1) is 12.1. The van der Waals surface area contributed by atoms with Gasteiger partial charge in [0.05, 0.1) is 11.6 Å². The van der Waals surface area contributed by atoms with Crippen LogP contribution in [-0.2, 0) is 11.3 Å². The fourth-order valence-corrected chi connectivity index (χ4v) is 2.59. The van der Waals surface area contributed by atoms with Crippen LogP contribution in [0.25, 0.3) is 11.4 Å². The second-order valence-corrected chi connectivity index (χ2v) is 6.34. The lowest BCUT2D eigenvalue weighted by Gasteiger charge is -2.07. The number of carbonyl (C=O) groups is 1. The van der Waals surface area contributed by atoms with Gasteiger partial charge in [0.1, 0.15) is 5.75 Å². The Labute approximate surface area is 157 Å². The molecule has 1 N–H and O–H groups in total. The van der Waals surface area contributed by atoms with Crippen LogP contribution in [0.1, 0.15) is 5.89 Å². The van der Waals surface area contributed by atoms with Gasteiger partial charge in [-0.05, 0) is 24.3 Å². The van der Waals surface area contributed by atoms with Crippen molar-refractivity contribution in [2.45, 2.75) is 6.54 Å². The highest BCUT2D eigenvalue weighted by Crippen LogP contribution is 2.23. The molecule has 3 aromatic rings. The number of nitrogens with zero attached hydrogens (tertiary/aromatic N) is 2. The zero-order valence-electron chi connectivity index (χ0n) is 12.9. The number of rotatable bonds is 6. The Hall–Kier alpha value is -2.38. The minimum Gasteiger partial charge on any atom is -0.482 e. The molecule has 1 amide bonds. The molecule has 128 valence electrons. The Bertz CT molecular complexity index is 885. The van der Waals surface area contributed by atoms with Crippen LogP contribution in [0, 0.1) is 0 Å². The van der Waals surface area contributed by atoms with Crippen molar-refractivity contribution in [3.8, 4) is 17.1 Å². The van der Waals surface area contributed by atoms with Crippen LogP contribution in [0.2, 0.25) is 5.02 Å². The number of para-hydroxylation sites is 1. The van der Waals surface area contributed by atoms with Crippen LogP contribution >= 0.6 is 27.5 Å². The highest BCUT2D eigenvalue weighted by molar-refractivity contribution is 9.10. The van der Waals surface area contributed by atoms with E-state index in [-0.39, 0.29) is 19.1 Å². The molecule has 6 nitrogen and oxygen atoms in total. The van der Waals surface area contributed by atoms with Gasteiger partial charge in [-0.2, -0.15) is 4.98 Å². The van der Waals surface area contributed by atoms with Gasteiger partial charge in [-0.1, -0.05) is 57.0 Å². The Morgan fingerprint density at radius 2 is 2.08 bits per heavy atom. The summed E-state index contributed by atoms with van der Waals surface area (Å²) in [4.78, 5) is 16.1. The number of carbonyl (C=O) groups excluding carboxylic acids is 1. The van der Waals surface area contributed by atoms with E-state index in [4.69, 9.17) is 20.9 Å². The van der Waals surface area contributed by atoms with Gasteiger partial charge in [0.15, 0.2) is 6.61 Å². The summed E-state index contributed by atoms with van der Waals surface area (Å²) < 4.78 is 11.4. The van der Waals surface area contributed by atoms with Gasteiger partial charge < -0.3 is 14.6 Å². The number of hydrogen-bond acceptors (Lipinski definition) is 5. The lowest BCUT2D eigenvalue weighted by Crippen LogP contribution is -2.28. The Morgan fingerprint density at radius 1 is 1.24 bits per heavy atom. The quantitative estimate of drug-likeness (QED) is 0.653. The molecule has 0 aliphatic rings. The van der Waals surface area contributed by atoms with E-state index in [2.05, 4.69) is 31.4 Å². The highest BCUT2D eigenvalue weighted by Gasteiger charge is 2.11. The third-order valence-corrected chi connectivity index (χ3v) is 3.99. The van der Waals surface area contributed by atoms with Crippen molar-refractivity contribution in [3.05, 3.63) is 63.9 Å². The summed E-state index contributed by atoms with van der Waals surface area (Å²) in [6, 6.07) is 14.5. The number of amides is 1. The van der Waals surface area contributed by atoms with Crippen molar-refractivity contribution in [2.75, 3.05) is 6.61 Å². The predicted molar refractivity (Wildman–Crippen MR) is 96.2 cm³/mol. The summed E-state index contributed by atoms with van der Waals surface area (Å²) in [6.45, 7) is -0.0396. The smallest absolute Gasteiger partial charge is 0.258 e. The maximum atomic E-state index is 11.8. The van der Waals surface area contributed by atoms with Crippen LogP contribution in [0.15, 0.2) is 57.5 Å². The standard InChI is InChI=1S/C17H13BrClN3O3/c18-12-5-3-4-11(8-12)17-21-16(25-22-17)9-20-15(23)10-24-14-7-2-1-6-13(14)19/h1-8H,9-10H2,(H,20,23). The molecule has 1 heterocycles. The largest absolute Gasteiger partial charge is 0.482 e. The molecule has 0 bridgehead atoms. The van der Waals surface area contributed by atoms with Gasteiger partial charge in [-0.25, -0.2) is 0 Å². The summed E-state index contributed by atoms with van der Waals surface area (Å²) in [5, 5.41) is 7.01. The molecule has 0 atom stereocenters. The van der Waals surface area contributed by atoms with Crippen LogP contribution in [-0.4, -0.2) is 22.7 Å². The summed E-state index contributed by atoms with van der Waals surface area (Å²) in [7, 11) is 0. The van der Waals surface area contributed by atoms with E-state index in [9.17, 15) is 4.79 Å². The number of aromatic nitrogens is 2. The first-order valence-corrected chi connectivity index (χ1v) is 8.51. The van der Waals surface area contributed by atoms with E-state index in [1.165, 1.54) is 0 Å². The fourth-order valence-electron chi connectivity index (χ4n) is 2.00. The van der Waals surface area contributed by atoms with Crippen molar-refractivity contribution in [1.29, 1.82) is 0 Å². The summed E-state index contributed by atoms with van der Waals surface area (Å²) >= 11 is 9.35. The molecule has 2 aromatic carbocycles. The molecular weight excluding hydrogens is 410 g/mol. The lowest BCUT2D eigenvalue weighted by molar-refractivity contribution is -0.123. The summed E-state index contributed by atoms with van der Waals surface area (Å²) in [5.41, 5.74) is 0.817. The van der Waals surface area contributed by atoms with Gasteiger partial charge in [-0.3, -0.25) is 4.79 Å². The molecule has 0 unspecified atom stereocenters. The van der Waals surface area contributed by atoms with Gasteiger partial charge in [0.25, 0.3) is 5.91 Å².